The van der Waals surface area contributed by atoms with Crippen molar-refractivity contribution < 1.29 is 28.3 Å². The van der Waals surface area contributed by atoms with Gasteiger partial charge in [0.1, 0.15) is 6.10 Å². The molecule has 0 aromatic heterocycles. The zero-order valence-electron chi connectivity index (χ0n) is 13.0. The molecule has 2 atom stereocenters. The predicted molar refractivity (Wildman–Crippen MR) is 83.4 cm³/mol. The highest BCUT2D eigenvalue weighted by Crippen LogP contribution is 2.60. The number of rotatable bonds is 1. The van der Waals surface area contributed by atoms with Gasteiger partial charge in [0, 0.05) is 37.8 Å². The lowest BCUT2D eigenvalue weighted by Crippen LogP contribution is -2.46. The summed E-state index contributed by atoms with van der Waals surface area (Å²) in [6.07, 6.45) is -1.24. The SMILES string of the molecule is COP1(=O)OCC(C)(C)[C@@H](O)C(=O)NCCC(=O)NCCS1. The van der Waals surface area contributed by atoms with E-state index in [4.69, 9.17) is 9.05 Å². The standard InChI is InChI=1S/C12H23N2O6PS/c1-12(2)8-20-21(18,19-3)22-7-6-13-9(15)4-5-14-11(17)10(12)16/h10,16H,4-8H2,1-3H3,(H,13,15)(H,14,17)/t10-,21?/m0/s1. The Bertz CT molecular complexity index is 459. The Kier molecular flexibility index (Phi) is 7.34. The average Bonchev–Trinajstić information content (AvgIpc) is 2.48. The molecule has 0 aromatic carbocycles. The first kappa shape index (κ1) is 19.4. The number of aliphatic hydroxyl groups is 1. The lowest BCUT2D eigenvalue weighted by atomic mass is 9.87. The minimum Gasteiger partial charge on any atom is -0.383 e. The maximum atomic E-state index is 12.4. The van der Waals surface area contributed by atoms with Crippen LogP contribution in [-0.4, -0.2) is 55.6 Å². The van der Waals surface area contributed by atoms with Crippen molar-refractivity contribution in [3.63, 3.8) is 0 Å². The quantitative estimate of drug-likeness (QED) is 0.588. The molecule has 1 fully saturated rings. The molecule has 128 valence electrons. The molecule has 0 aromatic rings. The Hall–Kier alpha value is -0.600. The lowest BCUT2D eigenvalue weighted by molar-refractivity contribution is -0.136. The summed E-state index contributed by atoms with van der Waals surface area (Å²) < 4.78 is 22.6. The molecule has 0 spiro atoms. The van der Waals surface area contributed by atoms with E-state index in [1.807, 2.05) is 0 Å². The summed E-state index contributed by atoms with van der Waals surface area (Å²) >= 11 is 0.969. The minimum absolute atomic E-state index is 0.105. The Morgan fingerprint density at radius 2 is 2.05 bits per heavy atom. The molecule has 10 heteroatoms. The van der Waals surface area contributed by atoms with Gasteiger partial charge in [0.15, 0.2) is 0 Å². The van der Waals surface area contributed by atoms with Gasteiger partial charge in [-0.1, -0.05) is 13.8 Å². The van der Waals surface area contributed by atoms with Gasteiger partial charge < -0.3 is 24.8 Å². The normalized spacial score (nSPS) is 31.7. The van der Waals surface area contributed by atoms with Gasteiger partial charge in [0.25, 0.3) is 0 Å². The van der Waals surface area contributed by atoms with Crippen molar-refractivity contribution in [2.24, 2.45) is 5.41 Å². The van der Waals surface area contributed by atoms with Crippen molar-refractivity contribution in [3.8, 4) is 0 Å². The van der Waals surface area contributed by atoms with Gasteiger partial charge in [-0.3, -0.25) is 9.59 Å². The zero-order chi connectivity index (χ0) is 16.8. The monoisotopic (exact) mass is 354 g/mol. The number of nitrogens with one attached hydrogen (secondary N) is 2. The summed E-state index contributed by atoms with van der Waals surface area (Å²) in [5.41, 5.74) is -0.953. The Morgan fingerprint density at radius 1 is 1.36 bits per heavy atom. The van der Waals surface area contributed by atoms with Crippen LogP contribution >= 0.6 is 18.2 Å². The highest BCUT2D eigenvalue weighted by Gasteiger charge is 2.37. The van der Waals surface area contributed by atoms with Gasteiger partial charge in [-0.05, 0) is 11.4 Å². The summed E-state index contributed by atoms with van der Waals surface area (Å²) in [6.45, 7) is 0.212. The van der Waals surface area contributed by atoms with Crippen LogP contribution in [0.2, 0.25) is 0 Å². The van der Waals surface area contributed by atoms with Crippen LogP contribution in [0.15, 0.2) is 0 Å². The third-order valence-corrected chi connectivity index (χ3v) is 6.99. The molecule has 1 aliphatic rings. The predicted octanol–water partition coefficient (Wildman–Crippen LogP) is 0.514. The van der Waals surface area contributed by atoms with Gasteiger partial charge in [0.2, 0.25) is 11.8 Å². The topological polar surface area (TPSA) is 114 Å². The van der Waals surface area contributed by atoms with Crippen LogP contribution in [0.4, 0.5) is 0 Å². The molecule has 3 N–H and O–H groups in total. The fourth-order valence-corrected chi connectivity index (χ4v) is 4.49. The number of amides is 2. The van der Waals surface area contributed by atoms with Crippen LogP contribution in [0.25, 0.3) is 0 Å². The second kappa shape index (κ2) is 8.31. The fraction of sp³-hybridized carbons (Fsp3) is 0.833. The number of hydrogen-bond donors (Lipinski definition) is 3. The van der Waals surface area contributed by atoms with Gasteiger partial charge in [-0.15, -0.1) is 0 Å². The number of aliphatic hydroxyl groups excluding tert-OH is 1. The van der Waals surface area contributed by atoms with Gasteiger partial charge in [-0.2, -0.15) is 0 Å². The van der Waals surface area contributed by atoms with Crippen molar-refractivity contribution in [2.75, 3.05) is 32.6 Å². The van der Waals surface area contributed by atoms with Crippen LogP contribution in [0.1, 0.15) is 20.3 Å². The van der Waals surface area contributed by atoms with E-state index in [2.05, 4.69) is 10.6 Å². The molecule has 1 rings (SSSR count). The maximum absolute atomic E-state index is 12.4. The molecule has 1 aliphatic heterocycles. The van der Waals surface area contributed by atoms with Crippen molar-refractivity contribution >= 4 is 30.0 Å². The van der Waals surface area contributed by atoms with E-state index in [0.29, 0.717) is 12.3 Å². The molecule has 1 unspecified atom stereocenters. The minimum atomic E-state index is -3.39. The second-order valence-electron chi connectivity index (χ2n) is 5.52. The summed E-state index contributed by atoms with van der Waals surface area (Å²) in [7, 11) is 1.27. The first-order chi connectivity index (χ1) is 10.2. The molecule has 1 heterocycles. The third-order valence-electron chi connectivity index (χ3n) is 3.13. The van der Waals surface area contributed by atoms with Crippen LogP contribution in [0.3, 0.4) is 0 Å². The van der Waals surface area contributed by atoms with E-state index < -0.39 is 24.2 Å². The maximum Gasteiger partial charge on any atom is 0.388 e. The first-order valence-corrected chi connectivity index (χ1v) is 10.0. The molecular weight excluding hydrogens is 331 g/mol. The molecule has 0 bridgehead atoms. The highest BCUT2D eigenvalue weighted by molar-refractivity contribution is 8.55. The van der Waals surface area contributed by atoms with E-state index in [-0.39, 0.29) is 25.5 Å². The van der Waals surface area contributed by atoms with Crippen molar-refractivity contribution in [1.82, 2.24) is 10.6 Å². The molecule has 0 aliphatic carbocycles. The molecule has 0 radical (unpaired) electrons. The smallest absolute Gasteiger partial charge is 0.383 e. The summed E-state index contributed by atoms with van der Waals surface area (Å²) in [5.74, 6) is -0.468. The summed E-state index contributed by atoms with van der Waals surface area (Å²) in [6, 6.07) is 0. The summed E-state index contributed by atoms with van der Waals surface area (Å²) in [4.78, 5) is 23.4. The Balaban J connectivity index is 2.84. The van der Waals surface area contributed by atoms with E-state index in [0.717, 1.165) is 11.4 Å². The molecular formula is C12H23N2O6PS. The van der Waals surface area contributed by atoms with Crippen LogP contribution in [0, 0.1) is 5.41 Å². The van der Waals surface area contributed by atoms with Crippen molar-refractivity contribution in [2.45, 2.75) is 26.4 Å². The van der Waals surface area contributed by atoms with Gasteiger partial charge in [0.05, 0.1) is 6.61 Å². The fourth-order valence-electron chi connectivity index (χ4n) is 1.65. The lowest BCUT2D eigenvalue weighted by Gasteiger charge is -2.30. The van der Waals surface area contributed by atoms with E-state index in [1.165, 1.54) is 7.11 Å². The van der Waals surface area contributed by atoms with E-state index in [9.17, 15) is 19.3 Å². The van der Waals surface area contributed by atoms with Crippen molar-refractivity contribution in [3.05, 3.63) is 0 Å². The average molecular weight is 354 g/mol. The summed E-state index contributed by atoms with van der Waals surface area (Å²) in [5, 5.41) is 15.2. The van der Waals surface area contributed by atoms with Gasteiger partial charge >= 0.3 is 6.80 Å². The Labute approximate surface area is 134 Å². The molecule has 2 amide bonds. The number of hydrogen-bond acceptors (Lipinski definition) is 7. The zero-order valence-corrected chi connectivity index (χ0v) is 14.7. The van der Waals surface area contributed by atoms with E-state index >= 15 is 0 Å². The molecule has 8 nitrogen and oxygen atoms in total. The number of carbonyl (C=O) groups is 2. The van der Waals surface area contributed by atoms with E-state index in [1.54, 1.807) is 13.8 Å². The van der Waals surface area contributed by atoms with Crippen molar-refractivity contribution in [1.29, 1.82) is 0 Å². The van der Waals surface area contributed by atoms with Crippen LogP contribution < -0.4 is 10.6 Å². The van der Waals surface area contributed by atoms with Crippen LogP contribution in [0.5, 0.6) is 0 Å². The Morgan fingerprint density at radius 3 is 2.68 bits per heavy atom. The molecule has 1 saturated heterocycles. The van der Waals surface area contributed by atoms with Crippen LogP contribution in [-0.2, 0) is 23.2 Å². The molecule has 0 saturated carbocycles. The van der Waals surface area contributed by atoms with Gasteiger partial charge in [-0.25, -0.2) is 4.57 Å². The third kappa shape index (κ3) is 5.89. The first-order valence-electron chi connectivity index (χ1n) is 6.87. The molecule has 22 heavy (non-hydrogen) atoms. The second-order valence-corrected chi connectivity index (χ2v) is 9.82. The number of carbonyl (C=O) groups excluding carboxylic acids is 2. The largest absolute Gasteiger partial charge is 0.388 e. The highest BCUT2D eigenvalue weighted by atomic mass is 32.7.